The lowest BCUT2D eigenvalue weighted by molar-refractivity contribution is -0.147. The number of nitrogens with zero attached hydrogens (tertiary/aromatic N) is 3. The highest BCUT2D eigenvalue weighted by Gasteiger charge is 2.41. The Balaban J connectivity index is 1.56. The fourth-order valence-electron chi connectivity index (χ4n) is 4.34. The first-order chi connectivity index (χ1) is 16.9. The molecule has 1 aliphatic carbocycles. The monoisotopic (exact) mass is 497 g/mol. The molecule has 1 aromatic heterocycles. The van der Waals surface area contributed by atoms with Gasteiger partial charge in [-0.25, -0.2) is 14.2 Å². The third-order valence-electron chi connectivity index (χ3n) is 6.30. The number of anilines is 2. The molecule has 4 rings (SSSR count). The van der Waals surface area contributed by atoms with E-state index in [1.807, 2.05) is 0 Å². The van der Waals surface area contributed by atoms with Gasteiger partial charge in [-0.05, 0) is 75.8 Å². The van der Waals surface area contributed by atoms with E-state index in [4.69, 9.17) is 10.5 Å². The molecule has 2 aliphatic rings. The highest BCUT2D eigenvalue weighted by molar-refractivity contribution is 6.39. The summed E-state index contributed by atoms with van der Waals surface area (Å²) in [5.74, 6) is -1.26. The van der Waals surface area contributed by atoms with Crippen molar-refractivity contribution >= 4 is 29.4 Å². The molecule has 2 fully saturated rings. The second-order valence-electron chi connectivity index (χ2n) is 10.4. The summed E-state index contributed by atoms with van der Waals surface area (Å²) >= 11 is 0. The standard InChI is InChI=1S/C26H32FN5O4/c1-15-13-32(24(34)23(33)30-19-11-20(16-5-6-16)22(28)29-12-19)21(17-7-9-18(27)10-8-17)14-31(15)25(35)36-26(2,3)4/h7-12,15-16,21H,5-6,13-14H2,1-4H3,(H2,28,29)(H,30,33). The van der Waals surface area contributed by atoms with E-state index in [0.29, 0.717) is 23.0 Å². The topological polar surface area (TPSA) is 118 Å². The second kappa shape index (κ2) is 9.75. The van der Waals surface area contributed by atoms with Crippen molar-refractivity contribution in [3.8, 4) is 0 Å². The second-order valence-corrected chi connectivity index (χ2v) is 10.4. The van der Waals surface area contributed by atoms with Gasteiger partial charge in [-0.1, -0.05) is 12.1 Å². The Morgan fingerprint density at radius 2 is 1.78 bits per heavy atom. The first kappa shape index (κ1) is 25.4. The van der Waals surface area contributed by atoms with Gasteiger partial charge in [0.25, 0.3) is 0 Å². The van der Waals surface area contributed by atoms with Crippen LogP contribution in [0.3, 0.4) is 0 Å². The fourth-order valence-corrected chi connectivity index (χ4v) is 4.34. The zero-order valence-electron chi connectivity index (χ0n) is 21.0. The number of piperazine rings is 1. The third kappa shape index (κ3) is 5.75. The van der Waals surface area contributed by atoms with Gasteiger partial charge in [0.2, 0.25) is 0 Å². The molecule has 2 aromatic rings. The van der Waals surface area contributed by atoms with Crippen LogP contribution in [0.15, 0.2) is 36.5 Å². The minimum Gasteiger partial charge on any atom is -0.444 e. The lowest BCUT2D eigenvalue weighted by Crippen LogP contribution is -2.59. The van der Waals surface area contributed by atoms with Crippen molar-refractivity contribution in [1.29, 1.82) is 0 Å². The van der Waals surface area contributed by atoms with Crippen molar-refractivity contribution in [3.63, 3.8) is 0 Å². The minimum atomic E-state index is -0.826. The molecule has 36 heavy (non-hydrogen) atoms. The summed E-state index contributed by atoms with van der Waals surface area (Å²) in [6.45, 7) is 7.30. The molecule has 9 nitrogen and oxygen atoms in total. The average molecular weight is 498 g/mol. The molecule has 2 heterocycles. The first-order valence-electron chi connectivity index (χ1n) is 12.1. The fraction of sp³-hybridized carbons (Fsp3) is 0.462. The molecule has 1 saturated carbocycles. The molecule has 3 amide bonds. The van der Waals surface area contributed by atoms with E-state index in [0.717, 1.165) is 18.4 Å². The largest absolute Gasteiger partial charge is 0.444 e. The molecule has 1 aliphatic heterocycles. The minimum absolute atomic E-state index is 0.0932. The molecular formula is C26H32FN5O4. The number of aromatic nitrogens is 1. The Labute approximate surface area is 209 Å². The molecule has 3 N–H and O–H groups in total. The lowest BCUT2D eigenvalue weighted by atomic mass is 9.99. The Morgan fingerprint density at radius 1 is 1.11 bits per heavy atom. The number of amides is 3. The molecule has 1 aromatic carbocycles. The van der Waals surface area contributed by atoms with Gasteiger partial charge >= 0.3 is 17.9 Å². The van der Waals surface area contributed by atoms with E-state index in [1.54, 1.807) is 45.9 Å². The maximum absolute atomic E-state index is 13.6. The van der Waals surface area contributed by atoms with Crippen molar-refractivity contribution in [1.82, 2.24) is 14.8 Å². The molecular weight excluding hydrogens is 465 g/mol. The van der Waals surface area contributed by atoms with Crippen LogP contribution in [0.25, 0.3) is 0 Å². The summed E-state index contributed by atoms with van der Waals surface area (Å²) in [5, 5.41) is 2.64. The molecule has 1 saturated heterocycles. The van der Waals surface area contributed by atoms with Crippen LogP contribution in [0, 0.1) is 5.82 Å². The Morgan fingerprint density at radius 3 is 2.39 bits per heavy atom. The van der Waals surface area contributed by atoms with Crippen molar-refractivity contribution in [2.75, 3.05) is 24.1 Å². The summed E-state index contributed by atoms with van der Waals surface area (Å²) in [6.07, 6.45) is 2.94. The number of nitrogen functional groups attached to an aromatic ring is 1. The van der Waals surface area contributed by atoms with E-state index in [1.165, 1.54) is 28.1 Å². The van der Waals surface area contributed by atoms with Crippen LogP contribution in [0.5, 0.6) is 0 Å². The number of nitrogens with two attached hydrogens (primary N) is 1. The van der Waals surface area contributed by atoms with Crippen molar-refractivity contribution in [2.45, 2.75) is 64.1 Å². The molecule has 0 bridgehead atoms. The third-order valence-corrected chi connectivity index (χ3v) is 6.30. The van der Waals surface area contributed by atoms with E-state index in [2.05, 4.69) is 10.3 Å². The van der Waals surface area contributed by atoms with E-state index < -0.39 is 41.4 Å². The maximum Gasteiger partial charge on any atom is 0.410 e. The molecule has 0 spiro atoms. The highest BCUT2D eigenvalue weighted by atomic mass is 19.1. The smallest absolute Gasteiger partial charge is 0.410 e. The average Bonchev–Trinajstić information content (AvgIpc) is 3.64. The van der Waals surface area contributed by atoms with Crippen LogP contribution in [0.1, 0.15) is 63.6 Å². The van der Waals surface area contributed by atoms with Crippen LogP contribution in [0.2, 0.25) is 0 Å². The number of nitrogens with one attached hydrogen (secondary N) is 1. The summed E-state index contributed by atoms with van der Waals surface area (Å²) in [7, 11) is 0. The zero-order chi connectivity index (χ0) is 26.2. The molecule has 2 unspecified atom stereocenters. The summed E-state index contributed by atoms with van der Waals surface area (Å²) in [4.78, 5) is 46.3. The van der Waals surface area contributed by atoms with Crippen LogP contribution >= 0.6 is 0 Å². The SMILES string of the molecule is CC1CN(C(=O)C(=O)Nc2cnc(N)c(C3CC3)c2)C(c2ccc(F)cc2)CN1C(=O)OC(C)(C)C. The van der Waals surface area contributed by atoms with Gasteiger partial charge in [0.1, 0.15) is 17.2 Å². The molecule has 0 radical (unpaired) electrons. The molecule has 192 valence electrons. The number of halogens is 1. The maximum atomic E-state index is 13.6. The highest BCUT2D eigenvalue weighted by Crippen LogP contribution is 2.42. The van der Waals surface area contributed by atoms with Crippen molar-refractivity contribution < 1.29 is 23.5 Å². The molecule has 2 atom stereocenters. The molecule has 10 heteroatoms. The lowest BCUT2D eigenvalue weighted by Gasteiger charge is -2.45. The number of carbonyl (C=O) groups excluding carboxylic acids is 3. The van der Waals surface area contributed by atoms with Gasteiger partial charge in [-0.15, -0.1) is 0 Å². The number of hydrogen-bond donors (Lipinski definition) is 2. The number of ether oxygens (including phenoxy) is 1. The van der Waals surface area contributed by atoms with Crippen LogP contribution in [-0.4, -0.2) is 57.4 Å². The number of pyridine rings is 1. The first-order valence-corrected chi connectivity index (χ1v) is 12.1. The van der Waals surface area contributed by atoms with Crippen molar-refractivity contribution in [2.24, 2.45) is 0 Å². The van der Waals surface area contributed by atoms with Gasteiger partial charge in [-0.3, -0.25) is 9.59 Å². The van der Waals surface area contributed by atoms with Crippen LogP contribution < -0.4 is 11.1 Å². The number of rotatable bonds is 3. The van der Waals surface area contributed by atoms with Gasteiger partial charge in [0.15, 0.2) is 0 Å². The van der Waals surface area contributed by atoms with Crippen molar-refractivity contribution in [3.05, 3.63) is 53.5 Å². The van der Waals surface area contributed by atoms with Gasteiger partial charge < -0.3 is 25.6 Å². The summed E-state index contributed by atoms with van der Waals surface area (Å²) in [6, 6.07) is 6.35. The van der Waals surface area contributed by atoms with Gasteiger partial charge in [0, 0.05) is 19.1 Å². The summed E-state index contributed by atoms with van der Waals surface area (Å²) < 4.78 is 19.2. The van der Waals surface area contributed by atoms with Gasteiger partial charge in [0.05, 0.1) is 17.9 Å². The predicted molar refractivity (Wildman–Crippen MR) is 133 cm³/mol. The zero-order valence-corrected chi connectivity index (χ0v) is 21.0. The Bertz CT molecular complexity index is 1160. The van der Waals surface area contributed by atoms with E-state index in [-0.39, 0.29) is 13.1 Å². The van der Waals surface area contributed by atoms with Crippen LogP contribution in [0.4, 0.5) is 20.7 Å². The quantitative estimate of drug-likeness (QED) is 0.623. The summed E-state index contributed by atoms with van der Waals surface area (Å²) in [5.41, 5.74) is 7.12. The normalized spacial score (nSPS) is 20.1. The van der Waals surface area contributed by atoms with E-state index >= 15 is 0 Å². The number of benzene rings is 1. The Kier molecular flexibility index (Phi) is 6.88. The predicted octanol–water partition coefficient (Wildman–Crippen LogP) is 3.83. The van der Waals surface area contributed by atoms with Crippen LogP contribution in [-0.2, 0) is 14.3 Å². The van der Waals surface area contributed by atoms with Gasteiger partial charge in [-0.2, -0.15) is 0 Å². The Hall–Kier alpha value is -3.69. The number of carbonyl (C=O) groups is 3. The number of hydrogen-bond acceptors (Lipinski definition) is 6. The van der Waals surface area contributed by atoms with E-state index in [9.17, 15) is 18.8 Å².